The molecule has 0 unspecified atom stereocenters. The van der Waals surface area contributed by atoms with Gasteiger partial charge in [0, 0.05) is 44.5 Å². The summed E-state index contributed by atoms with van der Waals surface area (Å²) in [6.45, 7) is 6.76. The number of nitrogens with one attached hydrogen (secondary N) is 1. The number of rotatable bonds is 3. The van der Waals surface area contributed by atoms with E-state index in [1.807, 2.05) is 16.7 Å². The molecule has 3 saturated heterocycles. The number of piperidine rings is 1. The summed E-state index contributed by atoms with van der Waals surface area (Å²) >= 11 is 1.94. The van der Waals surface area contributed by atoms with Crippen LogP contribution >= 0.6 is 11.8 Å². The lowest BCUT2D eigenvalue weighted by Gasteiger charge is -2.37. The summed E-state index contributed by atoms with van der Waals surface area (Å²) in [5.74, 6) is 2.89. The van der Waals surface area contributed by atoms with Gasteiger partial charge >= 0.3 is 6.03 Å². The van der Waals surface area contributed by atoms with Crippen LogP contribution in [0.25, 0.3) is 0 Å². The number of amides is 2. The minimum Gasteiger partial charge on any atom is -0.379 e. The van der Waals surface area contributed by atoms with Crippen LogP contribution in [0.1, 0.15) is 19.3 Å². The Balaban J connectivity index is 1.44. The van der Waals surface area contributed by atoms with Crippen molar-refractivity contribution in [3.05, 3.63) is 0 Å². The Bertz CT molecular complexity index is 344. The Hall–Kier alpha value is -0.460. The molecule has 0 spiro atoms. The number of nitrogens with zero attached hydrogens (tertiary/aromatic N) is 2. The zero-order chi connectivity index (χ0) is 14.5. The summed E-state index contributed by atoms with van der Waals surface area (Å²) < 4.78 is 5.40. The van der Waals surface area contributed by atoms with Gasteiger partial charge in [-0.2, -0.15) is 11.8 Å². The van der Waals surface area contributed by atoms with Gasteiger partial charge in [-0.05, 0) is 30.9 Å². The molecule has 3 fully saturated rings. The number of ether oxygens (including phenoxy) is 1. The highest BCUT2D eigenvalue weighted by molar-refractivity contribution is 7.99. The van der Waals surface area contributed by atoms with E-state index in [1.54, 1.807) is 0 Å². The van der Waals surface area contributed by atoms with E-state index in [-0.39, 0.29) is 6.03 Å². The van der Waals surface area contributed by atoms with Crippen LogP contribution < -0.4 is 5.32 Å². The molecule has 0 aromatic rings. The normalized spacial score (nSPS) is 31.3. The number of carbonyl (C=O) groups excluding carboxylic acids is 1. The predicted octanol–water partition coefficient (Wildman–Crippen LogP) is 1.25. The standard InChI is InChI=1S/C15H27N3O2S/c19-15(16-14-3-9-21-12-14)18-4-1-2-13(11-18)10-17-5-7-20-8-6-17/h13-14H,1-12H2,(H,16,19)/t13-,14+/m0/s1. The summed E-state index contributed by atoms with van der Waals surface area (Å²) in [5, 5.41) is 3.21. The monoisotopic (exact) mass is 313 g/mol. The number of likely N-dealkylation sites (tertiary alicyclic amines) is 1. The fourth-order valence-electron chi connectivity index (χ4n) is 3.46. The van der Waals surface area contributed by atoms with E-state index in [9.17, 15) is 4.79 Å². The van der Waals surface area contributed by atoms with Crippen molar-refractivity contribution in [3.63, 3.8) is 0 Å². The van der Waals surface area contributed by atoms with Crippen molar-refractivity contribution >= 4 is 17.8 Å². The molecule has 0 saturated carbocycles. The van der Waals surface area contributed by atoms with E-state index in [2.05, 4.69) is 10.2 Å². The second-order valence-electron chi connectivity index (χ2n) is 6.38. The quantitative estimate of drug-likeness (QED) is 0.852. The van der Waals surface area contributed by atoms with Crippen molar-refractivity contribution < 1.29 is 9.53 Å². The van der Waals surface area contributed by atoms with E-state index in [0.29, 0.717) is 12.0 Å². The number of thioether (sulfide) groups is 1. The Morgan fingerprint density at radius 3 is 2.86 bits per heavy atom. The van der Waals surface area contributed by atoms with E-state index in [4.69, 9.17) is 4.74 Å². The smallest absolute Gasteiger partial charge is 0.317 e. The van der Waals surface area contributed by atoms with Gasteiger partial charge in [-0.15, -0.1) is 0 Å². The second-order valence-corrected chi connectivity index (χ2v) is 7.53. The van der Waals surface area contributed by atoms with Gasteiger partial charge in [0.25, 0.3) is 0 Å². The number of carbonyl (C=O) groups is 1. The predicted molar refractivity (Wildman–Crippen MR) is 85.8 cm³/mol. The first kappa shape index (κ1) is 15.4. The zero-order valence-corrected chi connectivity index (χ0v) is 13.6. The summed E-state index contributed by atoms with van der Waals surface area (Å²) in [7, 11) is 0. The highest BCUT2D eigenvalue weighted by Gasteiger charge is 2.27. The second kappa shape index (κ2) is 7.70. The van der Waals surface area contributed by atoms with Crippen molar-refractivity contribution in [3.8, 4) is 0 Å². The third-order valence-corrected chi connectivity index (χ3v) is 5.85. The Morgan fingerprint density at radius 2 is 2.10 bits per heavy atom. The minimum atomic E-state index is 0.161. The van der Waals surface area contributed by atoms with Crippen molar-refractivity contribution in [2.75, 3.05) is 57.4 Å². The summed E-state index contributed by atoms with van der Waals surface area (Å²) in [6.07, 6.45) is 3.52. The summed E-state index contributed by atoms with van der Waals surface area (Å²) in [4.78, 5) is 16.9. The molecule has 0 radical (unpaired) electrons. The third-order valence-electron chi connectivity index (χ3n) is 4.68. The molecule has 21 heavy (non-hydrogen) atoms. The summed E-state index contributed by atoms with van der Waals surface area (Å²) in [6, 6.07) is 0.552. The molecule has 5 nitrogen and oxygen atoms in total. The maximum atomic E-state index is 12.4. The van der Waals surface area contributed by atoms with Gasteiger partial charge in [-0.1, -0.05) is 0 Å². The van der Waals surface area contributed by atoms with E-state index in [1.165, 1.54) is 12.2 Å². The summed E-state index contributed by atoms with van der Waals surface area (Å²) in [5.41, 5.74) is 0. The Morgan fingerprint density at radius 1 is 1.24 bits per heavy atom. The van der Waals surface area contributed by atoms with Gasteiger partial charge < -0.3 is 15.0 Å². The molecule has 3 aliphatic rings. The van der Waals surface area contributed by atoms with Gasteiger partial charge in [0.05, 0.1) is 13.2 Å². The molecule has 6 heteroatoms. The Labute approximate surface area is 131 Å². The average Bonchev–Trinajstić information content (AvgIpc) is 3.01. The van der Waals surface area contributed by atoms with Crippen LogP contribution in [0.5, 0.6) is 0 Å². The largest absolute Gasteiger partial charge is 0.379 e. The molecule has 3 aliphatic heterocycles. The first-order valence-corrected chi connectivity index (χ1v) is 9.40. The number of morpholine rings is 1. The highest BCUT2D eigenvalue weighted by atomic mass is 32.2. The van der Waals surface area contributed by atoms with E-state index in [0.717, 1.165) is 64.5 Å². The first-order valence-electron chi connectivity index (χ1n) is 8.24. The molecule has 120 valence electrons. The van der Waals surface area contributed by atoms with E-state index >= 15 is 0 Å². The van der Waals surface area contributed by atoms with Crippen LogP contribution in [-0.2, 0) is 4.74 Å². The van der Waals surface area contributed by atoms with Crippen LogP contribution in [0.3, 0.4) is 0 Å². The van der Waals surface area contributed by atoms with Crippen molar-refractivity contribution in [2.24, 2.45) is 5.92 Å². The van der Waals surface area contributed by atoms with Crippen LogP contribution in [0, 0.1) is 5.92 Å². The third kappa shape index (κ3) is 4.50. The number of hydrogen-bond acceptors (Lipinski definition) is 4. The maximum absolute atomic E-state index is 12.4. The topological polar surface area (TPSA) is 44.8 Å². The molecule has 0 aromatic carbocycles. The first-order chi connectivity index (χ1) is 10.3. The van der Waals surface area contributed by atoms with Crippen molar-refractivity contribution in [1.29, 1.82) is 0 Å². The maximum Gasteiger partial charge on any atom is 0.317 e. The molecule has 2 amide bonds. The van der Waals surface area contributed by atoms with Crippen molar-refractivity contribution in [2.45, 2.75) is 25.3 Å². The van der Waals surface area contributed by atoms with Crippen LogP contribution in [0.15, 0.2) is 0 Å². The van der Waals surface area contributed by atoms with Gasteiger partial charge in [-0.25, -0.2) is 4.79 Å². The lowest BCUT2D eigenvalue weighted by atomic mass is 9.97. The SMILES string of the molecule is O=C(N[C@@H]1CCSC1)N1CCC[C@@H](CN2CCOCC2)C1. The molecular formula is C15H27N3O2S. The van der Waals surface area contributed by atoms with Crippen molar-refractivity contribution in [1.82, 2.24) is 15.1 Å². The van der Waals surface area contributed by atoms with Gasteiger partial charge in [-0.3, -0.25) is 4.90 Å². The minimum absolute atomic E-state index is 0.161. The lowest BCUT2D eigenvalue weighted by Crippen LogP contribution is -2.50. The number of urea groups is 1. The Kier molecular flexibility index (Phi) is 5.66. The van der Waals surface area contributed by atoms with Crippen LogP contribution in [-0.4, -0.2) is 79.3 Å². The molecule has 1 N–H and O–H groups in total. The molecule has 0 aliphatic carbocycles. The van der Waals surface area contributed by atoms with Crippen LogP contribution in [0.4, 0.5) is 4.79 Å². The van der Waals surface area contributed by atoms with Gasteiger partial charge in [0.15, 0.2) is 0 Å². The van der Waals surface area contributed by atoms with E-state index < -0.39 is 0 Å². The fourth-order valence-corrected chi connectivity index (χ4v) is 4.61. The lowest BCUT2D eigenvalue weighted by molar-refractivity contribution is 0.0248. The fraction of sp³-hybridized carbons (Fsp3) is 0.933. The van der Waals surface area contributed by atoms with Crippen LogP contribution in [0.2, 0.25) is 0 Å². The zero-order valence-electron chi connectivity index (χ0n) is 12.8. The molecule has 0 aromatic heterocycles. The molecule has 2 atom stereocenters. The molecule has 3 rings (SSSR count). The van der Waals surface area contributed by atoms with Gasteiger partial charge in [0.1, 0.15) is 0 Å². The molecule has 3 heterocycles. The molecule has 0 bridgehead atoms. The highest BCUT2D eigenvalue weighted by Crippen LogP contribution is 2.20. The van der Waals surface area contributed by atoms with Gasteiger partial charge in [0.2, 0.25) is 0 Å². The number of hydrogen-bond donors (Lipinski definition) is 1. The molecular weight excluding hydrogens is 286 g/mol. The average molecular weight is 313 g/mol.